The summed E-state index contributed by atoms with van der Waals surface area (Å²) in [5, 5.41) is 6.67. The van der Waals surface area contributed by atoms with Crippen molar-refractivity contribution < 1.29 is 8.83 Å². The monoisotopic (exact) mass is 748 g/mol. The van der Waals surface area contributed by atoms with Crippen molar-refractivity contribution in [2.75, 3.05) is 0 Å². The van der Waals surface area contributed by atoms with Crippen LogP contribution in [0.4, 0.5) is 0 Å². The second kappa shape index (κ2) is 12.5. The van der Waals surface area contributed by atoms with Crippen molar-refractivity contribution in [3.05, 3.63) is 170 Å². The van der Waals surface area contributed by atoms with E-state index in [9.17, 15) is 0 Å². The summed E-state index contributed by atoms with van der Waals surface area (Å²) in [6.45, 7) is 0. The van der Waals surface area contributed by atoms with Gasteiger partial charge in [-0.2, -0.15) is 0 Å². The topological polar surface area (TPSA) is 77.8 Å². The third-order valence-electron chi connectivity index (χ3n) is 10.8. The summed E-state index contributed by atoms with van der Waals surface area (Å²) in [6, 6.07) is 54.3. The van der Waals surface area contributed by atoms with Crippen molar-refractivity contribution in [1.29, 1.82) is 0 Å². The number of aromatic nitrogens is 4. The zero-order valence-electron chi connectivity index (χ0n) is 30.2. The normalized spacial score (nSPS) is 11.9. The first-order valence-electron chi connectivity index (χ1n) is 18.8. The molecule has 0 aliphatic carbocycles. The van der Waals surface area contributed by atoms with Gasteiger partial charge < -0.3 is 8.83 Å². The van der Waals surface area contributed by atoms with Crippen molar-refractivity contribution in [1.82, 2.24) is 19.9 Å². The van der Waals surface area contributed by atoms with Crippen LogP contribution >= 0.6 is 11.3 Å². The molecule has 6 nitrogen and oxygen atoms in total. The molecule has 12 aromatic rings. The van der Waals surface area contributed by atoms with E-state index in [1.165, 1.54) is 20.2 Å². The van der Waals surface area contributed by atoms with Gasteiger partial charge in [-0.1, -0.05) is 103 Å². The van der Waals surface area contributed by atoms with Crippen LogP contribution < -0.4 is 0 Å². The maximum absolute atomic E-state index is 6.82. The highest BCUT2D eigenvalue weighted by molar-refractivity contribution is 7.25. The lowest BCUT2D eigenvalue weighted by Crippen LogP contribution is -2.00. The molecule has 12 rings (SSSR count). The van der Waals surface area contributed by atoms with E-state index in [1.807, 2.05) is 72.1 Å². The number of hydrogen-bond acceptors (Lipinski definition) is 7. The number of rotatable bonds is 5. The van der Waals surface area contributed by atoms with Gasteiger partial charge in [0.1, 0.15) is 22.3 Å². The van der Waals surface area contributed by atoms with Crippen molar-refractivity contribution in [2.24, 2.45) is 0 Å². The smallest absolute Gasteiger partial charge is 0.167 e. The van der Waals surface area contributed by atoms with E-state index in [0.29, 0.717) is 17.5 Å². The van der Waals surface area contributed by atoms with E-state index in [0.717, 1.165) is 82.8 Å². The van der Waals surface area contributed by atoms with Crippen LogP contribution in [0.25, 0.3) is 120 Å². The largest absolute Gasteiger partial charge is 0.456 e. The van der Waals surface area contributed by atoms with Gasteiger partial charge in [0.15, 0.2) is 17.5 Å². The molecule has 5 aromatic heterocycles. The standard InChI is InChI=1S/C50H28N4O2S/c1-4-17-40-33(13-1)34-22-21-31(27-42(34)55-40)49-52-48(30-11-7-10-29(26-30)32-12-9-25-51-28-32)53-50(54-49)39-24-23-36(46-37-14-2-5-18-41(37)56-47(39)46)35-16-8-20-44-45(35)38-15-3-6-19-43(38)57-44/h1-28H. The maximum atomic E-state index is 6.82. The highest BCUT2D eigenvalue weighted by Crippen LogP contribution is 2.46. The first-order valence-corrected chi connectivity index (χ1v) is 19.6. The molecule has 0 spiro atoms. The summed E-state index contributed by atoms with van der Waals surface area (Å²) in [4.78, 5) is 19.9. The number of fused-ring (bicyclic) bond motifs is 9. The van der Waals surface area contributed by atoms with Crippen molar-refractivity contribution >= 4 is 75.4 Å². The quantitative estimate of drug-likeness (QED) is 0.174. The number of furan rings is 2. The molecule has 0 saturated carbocycles. The van der Waals surface area contributed by atoms with Crippen LogP contribution in [0.15, 0.2) is 179 Å². The molecule has 0 aliphatic rings. The summed E-state index contributed by atoms with van der Waals surface area (Å²) < 4.78 is 15.7. The van der Waals surface area contributed by atoms with Crippen LogP contribution in [-0.4, -0.2) is 19.9 Å². The molecule has 0 aliphatic heterocycles. The molecule has 57 heavy (non-hydrogen) atoms. The van der Waals surface area contributed by atoms with Crippen LogP contribution in [0.1, 0.15) is 0 Å². The molecular weight excluding hydrogens is 721 g/mol. The summed E-state index contributed by atoms with van der Waals surface area (Å²) >= 11 is 1.82. The van der Waals surface area contributed by atoms with Crippen molar-refractivity contribution in [2.45, 2.75) is 0 Å². The molecule has 7 heteroatoms. The predicted octanol–water partition coefficient (Wildman–Crippen LogP) is 13.8. The number of hydrogen-bond donors (Lipinski definition) is 0. The van der Waals surface area contributed by atoms with Gasteiger partial charge in [-0.25, -0.2) is 15.0 Å². The lowest BCUT2D eigenvalue weighted by molar-refractivity contribution is 0.668. The van der Waals surface area contributed by atoms with Crippen molar-refractivity contribution in [3.8, 4) is 56.4 Å². The Balaban J connectivity index is 1.11. The number of pyridine rings is 1. The van der Waals surface area contributed by atoms with Gasteiger partial charge in [0.25, 0.3) is 0 Å². The second-order valence-corrected chi connectivity index (χ2v) is 15.3. The fourth-order valence-electron chi connectivity index (χ4n) is 8.22. The Bertz CT molecular complexity index is 3550. The average Bonchev–Trinajstić information content (AvgIpc) is 3.98. The molecule has 0 fully saturated rings. The highest BCUT2D eigenvalue weighted by Gasteiger charge is 2.23. The second-order valence-electron chi connectivity index (χ2n) is 14.2. The Morgan fingerprint density at radius 1 is 0.386 bits per heavy atom. The van der Waals surface area contributed by atoms with Gasteiger partial charge in [-0.15, -0.1) is 11.3 Å². The molecule has 7 aromatic carbocycles. The van der Waals surface area contributed by atoms with Gasteiger partial charge >= 0.3 is 0 Å². The number of thiophene rings is 1. The lowest BCUT2D eigenvalue weighted by Gasteiger charge is -2.12. The SMILES string of the molecule is c1cncc(-c2cccc(-c3nc(-c4ccc5c(c4)oc4ccccc45)nc(-c4ccc(-c5cccc6sc7ccccc7c56)c5c4oc4ccccc45)n3)c2)c1. The molecule has 5 heterocycles. The van der Waals surface area contributed by atoms with E-state index in [4.69, 9.17) is 23.8 Å². The van der Waals surface area contributed by atoms with E-state index in [1.54, 1.807) is 6.20 Å². The Kier molecular flexibility index (Phi) is 7.00. The van der Waals surface area contributed by atoms with E-state index in [-0.39, 0.29) is 0 Å². The third kappa shape index (κ3) is 5.10. The Labute approximate surface area is 329 Å². The molecular formula is C50H28N4O2S. The van der Waals surface area contributed by atoms with Crippen LogP contribution in [0, 0.1) is 0 Å². The van der Waals surface area contributed by atoms with Crippen LogP contribution in [-0.2, 0) is 0 Å². The number of nitrogens with zero attached hydrogens (tertiary/aromatic N) is 4. The summed E-state index contributed by atoms with van der Waals surface area (Å²) in [5.74, 6) is 1.60. The maximum Gasteiger partial charge on any atom is 0.167 e. The highest BCUT2D eigenvalue weighted by atomic mass is 32.1. The molecule has 0 unspecified atom stereocenters. The minimum atomic E-state index is 0.515. The Morgan fingerprint density at radius 3 is 1.89 bits per heavy atom. The predicted molar refractivity (Wildman–Crippen MR) is 232 cm³/mol. The van der Waals surface area contributed by atoms with Gasteiger partial charge in [0.05, 0.1) is 5.56 Å². The van der Waals surface area contributed by atoms with E-state index < -0.39 is 0 Å². The van der Waals surface area contributed by atoms with E-state index >= 15 is 0 Å². The van der Waals surface area contributed by atoms with Gasteiger partial charge in [0.2, 0.25) is 0 Å². The van der Waals surface area contributed by atoms with Gasteiger partial charge in [-0.05, 0) is 71.3 Å². The Hall–Kier alpha value is -7.48. The summed E-state index contributed by atoms with van der Waals surface area (Å²) in [5.41, 5.74) is 9.90. The lowest BCUT2D eigenvalue weighted by atomic mass is 9.94. The molecule has 0 N–H and O–H groups in total. The Morgan fingerprint density at radius 2 is 1.04 bits per heavy atom. The van der Waals surface area contributed by atoms with Crippen LogP contribution in [0.5, 0.6) is 0 Å². The van der Waals surface area contributed by atoms with E-state index in [2.05, 4.69) is 108 Å². The third-order valence-corrected chi connectivity index (χ3v) is 12.0. The molecule has 0 saturated heterocycles. The zero-order chi connectivity index (χ0) is 37.5. The van der Waals surface area contributed by atoms with Gasteiger partial charge in [-0.3, -0.25) is 4.98 Å². The minimum absolute atomic E-state index is 0.515. The van der Waals surface area contributed by atoms with Crippen LogP contribution in [0.3, 0.4) is 0 Å². The number of benzene rings is 7. The molecule has 0 radical (unpaired) electrons. The zero-order valence-corrected chi connectivity index (χ0v) is 31.0. The first-order chi connectivity index (χ1) is 28.2. The fraction of sp³-hybridized carbons (Fsp3) is 0. The average molecular weight is 749 g/mol. The molecule has 266 valence electrons. The first kappa shape index (κ1) is 31.8. The fourth-order valence-corrected chi connectivity index (χ4v) is 9.35. The minimum Gasteiger partial charge on any atom is -0.456 e. The molecule has 0 atom stereocenters. The summed E-state index contributed by atoms with van der Waals surface area (Å²) in [6.07, 6.45) is 3.65. The number of para-hydroxylation sites is 2. The molecule has 0 bridgehead atoms. The van der Waals surface area contributed by atoms with Crippen molar-refractivity contribution in [3.63, 3.8) is 0 Å². The van der Waals surface area contributed by atoms with Gasteiger partial charge in [0, 0.05) is 70.8 Å². The van der Waals surface area contributed by atoms with Crippen LogP contribution in [0.2, 0.25) is 0 Å². The summed E-state index contributed by atoms with van der Waals surface area (Å²) in [7, 11) is 0. The molecule has 0 amide bonds.